The van der Waals surface area contributed by atoms with Crippen molar-refractivity contribution in [2.24, 2.45) is 0 Å². The lowest BCUT2D eigenvalue weighted by atomic mass is 9.72. The number of anilines is 12. The van der Waals surface area contributed by atoms with Crippen molar-refractivity contribution >= 4 is 68.2 Å². The summed E-state index contributed by atoms with van der Waals surface area (Å²) in [7, 11) is 0. The van der Waals surface area contributed by atoms with Crippen molar-refractivity contribution in [3.8, 4) is 6.07 Å². The fourth-order valence-electron chi connectivity index (χ4n) is 13.9. The molecule has 0 aromatic heterocycles. The molecule has 56 heteroatoms. The Kier molecular flexibility index (Phi) is 28.1. The first-order chi connectivity index (χ1) is 65.0. The average molecular weight is 2100 g/mol. The number of alkyl halides is 30. The molecule has 0 saturated carbocycles. The van der Waals surface area contributed by atoms with Crippen LogP contribution in [0.3, 0.4) is 0 Å². The van der Waals surface area contributed by atoms with Crippen LogP contribution in [-0.2, 0) is 60.4 Å². The minimum atomic E-state index is -6.82. The van der Waals surface area contributed by atoms with Gasteiger partial charge in [0.2, 0.25) is 28.7 Å². The lowest BCUT2D eigenvalue weighted by Gasteiger charge is -2.39. The zero-order valence-electron chi connectivity index (χ0n) is 66.7. The van der Waals surface area contributed by atoms with Gasteiger partial charge in [0.05, 0.1) is 55.6 Å². The van der Waals surface area contributed by atoms with Gasteiger partial charge in [0, 0.05) is 45.5 Å². The minimum Gasteiger partial charge on any atom is -0.310 e. The number of halogens is 50. The van der Waals surface area contributed by atoms with Crippen LogP contribution in [0.25, 0.3) is 4.85 Å². The fourth-order valence-corrected chi connectivity index (χ4v) is 13.9. The minimum absolute atomic E-state index is 0.0627. The van der Waals surface area contributed by atoms with E-state index in [2.05, 4.69) is 4.85 Å². The summed E-state index contributed by atoms with van der Waals surface area (Å²) in [6.45, 7) is 7.98. The van der Waals surface area contributed by atoms with Crippen LogP contribution < -0.4 is 19.6 Å². The van der Waals surface area contributed by atoms with Gasteiger partial charge in [-0.2, -0.15) is 137 Å². The Bertz CT molecular complexity index is 6060. The van der Waals surface area contributed by atoms with E-state index >= 15 is 61.5 Å². The number of hydrogen-bond acceptors (Lipinski definition) is 5. The SMILES string of the molecule is Fc1c(F)c(F)c(N(c2ccc(C(c3ccc(N(c4c(F)c(F)c(F)c(F)c4F)c4c(F)c(F)c(F)c(F)c4F)cc3)(C(F)(F)F)C(F)(F)F)cc2)c2c(F)c(F)c(F)c(F)c2F)c(F)c1F.[C-]#[N+]C(C#N)(c1ccc(N(c2cc(C(F)(F)F)cc(C(F)(F)F)c2)c2cc(C(F)(F)F)cc(C(F)(F)F)c2)cc1)c1ccc(N(c2cc(C(F)(F)F)cc(C(F)(F)F)c2)c2cc(C(F)(F)F)cc(C(F)(F)F)c2)cc1. The molecular formula is C86H28F50N6. The van der Waals surface area contributed by atoms with E-state index in [1.165, 1.54) is 6.07 Å². The predicted molar refractivity (Wildman–Crippen MR) is 390 cm³/mol. The van der Waals surface area contributed by atoms with Crippen LogP contribution in [0.1, 0.15) is 66.8 Å². The van der Waals surface area contributed by atoms with Gasteiger partial charge >= 0.3 is 67.3 Å². The molecule has 12 rings (SSSR count). The van der Waals surface area contributed by atoms with Crippen molar-refractivity contribution in [3.63, 3.8) is 0 Å². The number of rotatable bonds is 16. The van der Waals surface area contributed by atoms with E-state index in [0.29, 0.717) is 48.5 Å². The van der Waals surface area contributed by atoms with Crippen molar-refractivity contribution < 1.29 is 220 Å². The van der Waals surface area contributed by atoms with Crippen LogP contribution in [-0.4, -0.2) is 12.4 Å². The van der Waals surface area contributed by atoms with Crippen molar-refractivity contribution in [2.45, 2.75) is 72.7 Å². The topological polar surface area (TPSA) is 41.1 Å². The van der Waals surface area contributed by atoms with Crippen molar-refractivity contribution in [2.75, 3.05) is 19.6 Å². The maximum absolute atomic E-state index is 15.1. The third kappa shape index (κ3) is 19.7. The molecule has 0 heterocycles. The van der Waals surface area contributed by atoms with Gasteiger partial charge in [-0.1, -0.05) is 24.3 Å². The second kappa shape index (κ2) is 37.1. The van der Waals surface area contributed by atoms with E-state index in [-0.39, 0.29) is 82.6 Å². The monoisotopic (exact) mass is 2090 g/mol. The van der Waals surface area contributed by atoms with Crippen molar-refractivity contribution in [3.05, 3.63) is 364 Å². The molecule has 6 nitrogen and oxygen atoms in total. The van der Waals surface area contributed by atoms with Crippen LogP contribution in [0.2, 0.25) is 0 Å². The maximum Gasteiger partial charge on any atom is 0.416 e. The highest BCUT2D eigenvalue weighted by atomic mass is 19.5. The molecule has 12 aromatic rings. The highest BCUT2D eigenvalue weighted by Crippen LogP contribution is 2.60. The maximum atomic E-state index is 15.1. The summed E-state index contributed by atoms with van der Waals surface area (Å²) < 4.78 is 719. The first-order valence-electron chi connectivity index (χ1n) is 36.8. The molecule has 0 N–H and O–H groups in total. The fraction of sp³-hybridized carbons (Fsp3) is 0.140. The predicted octanol–water partition coefficient (Wildman–Crippen LogP) is 33.3. The molecule has 0 aliphatic rings. The van der Waals surface area contributed by atoms with E-state index in [1.54, 1.807) is 0 Å². The molecule has 0 fully saturated rings. The molecule has 0 radical (unpaired) electrons. The van der Waals surface area contributed by atoms with Gasteiger partial charge in [0.25, 0.3) is 0 Å². The Morgan fingerprint density at radius 3 is 0.458 bits per heavy atom. The summed E-state index contributed by atoms with van der Waals surface area (Å²) in [4.78, 5) is 1.38. The van der Waals surface area contributed by atoms with E-state index < -0.39 is 382 Å². The van der Waals surface area contributed by atoms with Gasteiger partial charge < -0.3 is 9.80 Å². The summed E-state index contributed by atoms with van der Waals surface area (Å²) in [6, 6.07) is 1.68. The summed E-state index contributed by atoms with van der Waals surface area (Å²) in [5, 5.41) is 10.5. The number of nitriles is 1. The van der Waals surface area contributed by atoms with Crippen molar-refractivity contribution in [1.29, 1.82) is 5.26 Å². The zero-order chi connectivity index (χ0) is 107. The standard InChI is InChI=1S/C47H20F24N4.C39H8F26N2/c1-73-39(22-72,23-2-6-33(7-3-23)74(35-14-25(40(48,49)50)10-26(15-35)41(51,52)53)36-16-27(42(54,55)56)11-28(17-36)43(57,58)59)24-4-8-34(9-5-24)75(37-18-29(44(60,61)62)12-30(19-37)45(63,64)65)38-20-31(46(66,67)68)13-32(21-38)47(69,70)71;40-13-17(44)25(52)33(26(53)18(13)45)66(34-27(54)19(46)14(41)20(47)28(34)55)11-5-1-9(2-6-11)37(38(60,61)62,39(63,64)65)10-3-7-12(8-4-10)67(35-29(56)21(48)15(42)22(49)30(35)57)36-31(58)23(50)16(43)24(51)32(36)59/h2-21H;1-8H. The molecule has 0 spiro atoms. The Hall–Kier alpha value is -14.7. The highest BCUT2D eigenvalue weighted by molar-refractivity contribution is 5.84. The number of benzene rings is 12. The van der Waals surface area contributed by atoms with Gasteiger partial charge in [-0.05, 0) is 157 Å². The van der Waals surface area contributed by atoms with E-state index in [9.17, 15) is 163 Å². The van der Waals surface area contributed by atoms with Gasteiger partial charge in [0.1, 0.15) is 22.7 Å². The Balaban J connectivity index is 0.000000273. The summed E-state index contributed by atoms with van der Waals surface area (Å²) >= 11 is 0. The van der Waals surface area contributed by atoms with E-state index in [0.717, 1.165) is 0 Å². The summed E-state index contributed by atoms with van der Waals surface area (Å²) in [5.74, 6) is -61.1. The molecular weight excluding hydrogens is 2070 g/mol. The average Bonchev–Trinajstić information content (AvgIpc) is 0.708. The molecule has 0 unspecified atom stereocenters. The molecule has 12 aromatic carbocycles. The highest BCUT2D eigenvalue weighted by Gasteiger charge is 2.73. The summed E-state index contributed by atoms with van der Waals surface area (Å²) in [5.41, 5.74) is -51.9. The molecule has 0 bridgehead atoms. The number of nitrogens with zero attached hydrogens (tertiary/aromatic N) is 6. The molecule has 142 heavy (non-hydrogen) atoms. The zero-order valence-corrected chi connectivity index (χ0v) is 66.7. The van der Waals surface area contributed by atoms with E-state index in [4.69, 9.17) is 6.57 Å². The second-order valence-electron chi connectivity index (χ2n) is 28.9. The second-order valence-corrected chi connectivity index (χ2v) is 28.9. The van der Waals surface area contributed by atoms with Crippen molar-refractivity contribution in [1.82, 2.24) is 0 Å². The molecule has 0 atom stereocenters. The van der Waals surface area contributed by atoms with Gasteiger partial charge in [-0.25, -0.2) is 94.4 Å². The molecule has 0 aliphatic heterocycles. The van der Waals surface area contributed by atoms with Crippen LogP contribution in [0.15, 0.2) is 170 Å². The van der Waals surface area contributed by atoms with Gasteiger partial charge in [0.15, 0.2) is 99.1 Å². The normalized spacial score (nSPS) is 12.8. The van der Waals surface area contributed by atoms with Crippen LogP contribution in [0.5, 0.6) is 0 Å². The first-order valence-corrected chi connectivity index (χ1v) is 36.8. The Morgan fingerprint density at radius 2 is 0.324 bits per heavy atom. The smallest absolute Gasteiger partial charge is 0.310 e. The molecule has 752 valence electrons. The quantitative estimate of drug-likeness (QED) is 0.0417. The molecule has 0 saturated heterocycles. The first kappa shape index (κ1) is 108. The summed E-state index contributed by atoms with van der Waals surface area (Å²) in [6.07, 6.45) is -58.7. The van der Waals surface area contributed by atoms with Crippen LogP contribution >= 0.6 is 0 Å². The largest absolute Gasteiger partial charge is 0.416 e. The number of hydrogen-bond donors (Lipinski definition) is 0. The van der Waals surface area contributed by atoms with Crippen LogP contribution in [0.4, 0.5) is 288 Å². The van der Waals surface area contributed by atoms with Gasteiger partial charge in [-0.15, -0.1) is 0 Å². The third-order valence-corrected chi connectivity index (χ3v) is 20.3. The Morgan fingerprint density at radius 1 is 0.183 bits per heavy atom. The Labute approximate surface area is 753 Å². The van der Waals surface area contributed by atoms with Gasteiger partial charge in [-0.3, -0.25) is 14.6 Å². The third-order valence-electron chi connectivity index (χ3n) is 20.3. The molecule has 0 aliphatic carbocycles. The van der Waals surface area contributed by atoms with E-state index in [1.807, 2.05) is 0 Å². The lowest BCUT2D eigenvalue weighted by molar-refractivity contribution is -0.288. The van der Waals surface area contributed by atoms with Crippen LogP contribution in [0, 0.1) is 134 Å². The lowest BCUT2D eigenvalue weighted by Crippen LogP contribution is -2.54. The molecule has 0 amide bonds.